The first-order valence-electron chi connectivity index (χ1n) is 6.14. The normalized spacial score (nSPS) is 16.3. The Morgan fingerprint density at radius 2 is 1.94 bits per heavy atom. The van der Waals surface area contributed by atoms with Crippen LogP contribution in [-0.4, -0.2) is 29.0 Å². The van der Waals surface area contributed by atoms with Gasteiger partial charge in [-0.25, -0.2) is 0 Å². The zero-order valence-electron chi connectivity index (χ0n) is 10.2. The number of carbonyl (C=O) groups is 1. The Kier molecular flexibility index (Phi) is 3.83. The minimum absolute atomic E-state index is 0.0239. The molecular weight excluding hydrogens is 228 g/mol. The molecule has 1 aromatic rings. The molecule has 4 heteroatoms. The lowest BCUT2D eigenvalue weighted by Crippen LogP contribution is -2.37. The molecule has 0 aliphatic carbocycles. The van der Waals surface area contributed by atoms with Gasteiger partial charge in [0, 0.05) is 13.1 Å². The van der Waals surface area contributed by atoms with Crippen molar-refractivity contribution in [3.05, 3.63) is 29.8 Å². The molecule has 0 atom stereocenters. The summed E-state index contributed by atoms with van der Waals surface area (Å²) in [5, 5.41) is 17.7. The fourth-order valence-corrected chi connectivity index (χ4v) is 2.39. The largest absolute Gasteiger partial charge is 0.508 e. The molecule has 0 aromatic heterocycles. The number of nitrogens with zero attached hydrogens (tertiary/aromatic N) is 2. The molecule has 1 saturated heterocycles. The molecule has 1 aliphatic rings. The highest BCUT2D eigenvalue weighted by molar-refractivity contribution is 5.78. The molecule has 94 valence electrons. The van der Waals surface area contributed by atoms with E-state index in [-0.39, 0.29) is 18.1 Å². The summed E-state index contributed by atoms with van der Waals surface area (Å²) >= 11 is 0. The average molecular weight is 244 g/mol. The summed E-state index contributed by atoms with van der Waals surface area (Å²) in [6.45, 7) is 1.43. The van der Waals surface area contributed by atoms with Gasteiger partial charge in [-0.2, -0.15) is 5.26 Å². The Hall–Kier alpha value is -2.02. The molecule has 18 heavy (non-hydrogen) atoms. The van der Waals surface area contributed by atoms with E-state index in [9.17, 15) is 9.90 Å². The van der Waals surface area contributed by atoms with E-state index in [1.807, 2.05) is 18.2 Å². The third-order valence-corrected chi connectivity index (χ3v) is 3.44. The number of carbonyl (C=O) groups excluding carboxylic acids is 1. The van der Waals surface area contributed by atoms with Crippen molar-refractivity contribution in [2.75, 3.05) is 13.1 Å². The zero-order valence-corrected chi connectivity index (χ0v) is 10.2. The van der Waals surface area contributed by atoms with Gasteiger partial charge in [0.1, 0.15) is 12.2 Å². The summed E-state index contributed by atoms with van der Waals surface area (Å²) in [7, 11) is 0. The van der Waals surface area contributed by atoms with Gasteiger partial charge in [-0.3, -0.25) is 4.79 Å². The number of hydrogen-bond acceptors (Lipinski definition) is 3. The molecule has 1 aromatic carbocycles. The molecule has 0 saturated carbocycles. The van der Waals surface area contributed by atoms with Crippen LogP contribution in [0, 0.1) is 11.3 Å². The van der Waals surface area contributed by atoms with E-state index in [1.165, 1.54) is 5.56 Å². The molecule has 1 heterocycles. The van der Waals surface area contributed by atoms with Gasteiger partial charge in [0.25, 0.3) is 0 Å². The topological polar surface area (TPSA) is 64.3 Å². The van der Waals surface area contributed by atoms with Crippen molar-refractivity contribution in [2.24, 2.45) is 0 Å². The van der Waals surface area contributed by atoms with E-state index in [0.29, 0.717) is 19.0 Å². The zero-order chi connectivity index (χ0) is 13.0. The maximum atomic E-state index is 11.6. The summed E-state index contributed by atoms with van der Waals surface area (Å²) in [6, 6.07) is 9.16. The summed E-state index contributed by atoms with van der Waals surface area (Å²) in [6.07, 6.45) is 1.81. The number of piperidine rings is 1. The number of aromatic hydroxyl groups is 1. The quantitative estimate of drug-likeness (QED) is 0.865. The number of phenols is 1. The molecule has 4 nitrogen and oxygen atoms in total. The molecule has 1 aliphatic heterocycles. The fourth-order valence-electron chi connectivity index (χ4n) is 2.39. The molecule has 0 unspecified atom stereocenters. The van der Waals surface area contributed by atoms with Crippen LogP contribution in [0.4, 0.5) is 0 Å². The second kappa shape index (κ2) is 5.54. The van der Waals surface area contributed by atoms with Gasteiger partial charge >= 0.3 is 0 Å². The maximum absolute atomic E-state index is 11.6. The van der Waals surface area contributed by atoms with Crippen molar-refractivity contribution in [1.82, 2.24) is 4.90 Å². The van der Waals surface area contributed by atoms with E-state index in [2.05, 4.69) is 0 Å². The van der Waals surface area contributed by atoms with Crippen molar-refractivity contribution in [3.63, 3.8) is 0 Å². The molecule has 0 spiro atoms. The van der Waals surface area contributed by atoms with Crippen LogP contribution in [0.1, 0.15) is 30.7 Å². The summed E-state index contributed by atoms with van der Waals surface area (Å²) < 4.78 is 0. The van der Waals surface area contributed by atoms with Crippen LogP contribution in [0.3, 0.4) is 0 Å². The lowest BCUT2D eigenvalue weighted by atomic mass is 9.89. The van der Waals surface area contributed by atoms with E-state index < -0.39 is 0 Å². The van der Waals surface area contributed by atoms with Crippen molar-refractivity contribution in [3.8, 4) is 11.8 Å². The van der Waals surface area contributed by atoms with Gasteiger partial charge in [-0.05, 0) is 36.5 Å². The molecule has 1 amide bonds. The van der Waals surface area contributed by atoms with Crippen molar-refractivity contribution in [2.45, 2.75) is 25.2 Å². The van der Waals surface area contributed by atoms with Crippen molar-refractivity contribution in [1.29, 1.82) is 5.26 Å². The molecule has 1 N–H and O–H groups in total. The Morgan fingerprint density at radius 3 is 2.50 bits per heavy atom. The summed E-state index contributed by atoms with van der Waals surface area (Å²) in [5.41, 5.74) is 1.21. The van der Waals surface area contributed by atoms with E-state index in [4.69, 9.17) is 5.26 Å². The third kappa shape index (κ3) is 2.80. The maximum Gasteiger partial charge on any atom is 0.236 e. The Bertz CT molecular complexity index is 454. The highest BCUT2D eigenvalue weighted by atomic mass is 16.3. The molecule has 1 fully saturated rings. The van der Waals surface area contributed by atoms with Crippen LogP contribution in [0.5, 0.6) is 5.75 Å². The van der Waals surface area contributed by atoms with Gasteiger partial charge in [0.15, 0.2) is 0 Å². The summed E-state index contributed by atoms with van der Waals surface area (Å²) in [4.78, 5) is 13.3. The predicted octanol–water partition coefficient (Wildman–Crippen LogP) is 2.01. The molecular formula is C14H16N2O2. The minimum atomic E-state index is -0.0679. The van der Waals surface area contributed by atoms with Gasteiger partial charge < -0.3 is 10.0 Å². The number of phenolic OH excluding ortho intramolecular Hbond substituents is 1. The second-order valence-electron chi connectivity index (χ2n) is 4.58. The summed E-state index contributed by atoms with van der Waals surface area (Å²) in [5.74, 6) is 0.652. The van der Waals surface area contributed by atoms with Crippen LogP contribution < -0.4 is 0 Å². The van der Waals surface area contributed by atoms with Crippen LogP contribution in [0.15, 0.2) is 24.3 Å². The third-order valence-electron chi connectivity index (χ3n) is 3.44. The SMILES string of the molecule is N#CCC(=O)N1CCC(c2ccc(O)cc2)CC1. The first-order chi connectivity index (χ1) is 8.70. The van der Waals surface area contributed by atoms with E-state index in [1.54, 1.807) is 17.0 Å². The van der Waals surface area contributed by atoms with Crippen molar-refractivity contribution >= 4 is 5.91 Å². The Balaban J connectivity index is 1.92. The second-order valence-corrected chi connectivity index (χ2v) is 4.58. The van der Waals surface area contributed by atoms with E-state index >= 15 is 0 Å². The first-order valence-corrected chi connectivity index (χ1v) is 6.14. The Labute approximate surface area is 106 Å². The molecule has 2 rings (SSSR count). The first kappa shape index (κ1) is 12.4. The number of hydrogen-bond donors (Lipinski definition) is 1. The monoisotopic (exact) mass is 244 g/mol. The highest BCUT2D eigenvalue weighted by Gasteiger charge is 2.23. The standard InChI is InChI=1S/C14H16N2O2/c15-8-5-14(18)16-9-6-12(7-10-16)11-1-3-13(17)4-2-11/h1-4,12,17H,5-7,9-10H2. The smallest absolute Gasteiger partial charge is 0.236 e. The van der Waals surface area contributed by atoms with Gasteiger partial charge in [-0.1, -0.05) is 12.1 Å². The average Bonchev–Trinajstić information content (AvgIpc) is 2.40. The van der Waals surface area contributed by atoms with Crippen LogP contribution in [-0.2, 0) is 4.79 Å². The number of amides is 1. The van der Waals surface area contributed by atoms with Gasteiger partial charge in [-0.15, -0.1) is 0 Å². The molecule has 0 radical (unpaired) electrons. The van der Waals surface area contributed by atoms with Crippen molar-refractivity contribution < 1.29 is 9.90 Å². The number of benzene rings is 1. The van der Waals surface area contributed by atoms with E-state index in [0.717, 1.165) is 12.8 Å². The lowest BCUT2D eigenvalue weighted by Gasteiger charge is -2.31. The Morgan fingerprint density at radius 1 is 1.33 bits per heavy atom. The molecule has 0 bridgehead atoms. The van der Waals surface area contributed by atoms with Crippen LogP contribution in [0.25, 0.3) is 0 Å². The fraction of sp³-hybridized carbons (Fsp3) is 0.429. The van der Waals surface area contributed by atoms with Crippen LogP contribution in [0.2, 0.25) is 0 Å². The highest BCUT2D eigenvalue weighted by Crippen LogP contribution is 2.29. The van der Waals surface area contributed by atoms with Gasteiger partial charge in [0.2, 0.25) is 5.91 Å². The number of rotatable bonds is 2. The minimum Gasteiger partial charge on any atom is -0.508 e. The number of likely N-dealkylation sites (tertiary alicyclic amines) is 1. The number of nitriles is 1. The van der Waals surface area contributed by atoms with Crippen LogP contribution >= 0.6 is 0 Å². The predicted molar refractivity (Wildman–Crippen MR) is 66.9 cm³/mol. The van der Waals surface area contributed by atoms with Gasteiger partial charge in [0.05, 0.1) is 6.07 Å². The lowest BCUT2D eigenvalue weighted by molar-refractivity contribution is -0.131.